The Hall–Kier alpha value is -0.150. The summed E-state index contributed by atoms with van der Waals surface area (Å²) in [7, 11) is -4.23. The van der Waals surface area contributed by atoms with Crippen LogP contribution in [0.1, 0.15) is 37.4 Å². The molecule has 1 aromatic rings. The summed E-state index contributed by atoms with van der Waals surface area (Å²) in [6.07, 6.45) is 3.08. The first-order valence-corrected chi connectivity index (χ1v) is 7.98. The van der Waals surface area contributed by atoms with Crippen LogP contribution >= 0.6 is 0 Å². The zero-order valence-corrected chi connectivity index (χ0v) is 14.7. The van der Waals surface area contributed by atoms with Crippen LogP contribution in [-0.4, -0.2) is 20.8 Å². The molecule has 1 aliphatic carbocycles. The van der Waals surface area contributed by atoms with Crippen LogP contribution in [0.25, 0.3) is 5.14 Å². The molecule has 8 heteroatoms. The Balaban J connectivity index is 0.00000161. The third kappa shape index (κ3) is 3.98. The summed E-state index contributed by atoms with van der Waals surface area (Å²) in [5.74, 6) is 0.0328. The summed E-state index contributed by atoms with van der Waals surface area (Å²) in [4.78, 5) is 0. The summed E-state index contributed by atoms with van der Waals surface area (Å²) >= 11 is 0. The van der Waals surface area contributed by atoms with Crippen LogP contribution in [0.15, 0.2) is 24.3 Å². The van der Waals surface area contributed by atoms with E-state index in [1.54, 1.807) is 0 Å². The fraction of sp³-hybridized carbons (Fsp3) is 0.538. The average Bonchev–Trinajstić information content (AvgIpc) is 2.83. The van der Waals surface area contributed by atoms with E-state index in [2.05, 4.69) is 4.18 Å². The van der Waals surface area contributed by atoms with E-state index in [0.717, 1.165) is 31.2 Å². The number of hydrogen-bond acceptors (Lipinski definition) is 5. The molecule has 21 heavy (non-hydrogen) atoms. The van der Waals surface area contributed by atoms with E-state index in [0.29, 0.717) is 5.75 Å². The second kappa shape index (κ2) is 6.54. The number of ether oxygens (including phenoxy) is 2. The topological polar surface area (TPSA) is 85.6 Å². The quantitative estimate of drug-likeness (QED) is 0.715. The predicted molar refractivity (Wildman–Crippen MR) is 71.3 cm³/mol. The molecule has 0 saturated heterocycles. The molecule has 2 aliphatic rings. The van der Waals surface area contributed by atoms with Gasteiger partial charge in [-0.15, -0.1) is 0 Å². The number of hydrogen-bond donors (Lipinski definition) is 0. The molecule has 6 nitrogen and oxygen atoms in total. The molecule has 1 aromatic carbocycles. The number of nitrogens with one attached hydrogen (secondary N) is 1. The minimum atomic E-state index is -4.23. The molecule has 1 unspecified atom stereocenters. The minimum absolute atomic E-state index is 0. The van der Waals surface area contributed by atoms with E-state index < -0.39 is 22.2 Å². The normalized spacial score (nSPS) is 23.2. The molecule has 1 aliphatic heterocycles. The molecule has 1 N–H and O–H groups in total. The van der Waals surface area contributed by atoms with Crippen LogP contribution in [0.5, 0.6) is 5.75 Å². The van der Waals surface area contributed by atoms with Crippen LogP contribution < -0.4 is 34.3 Å². The van der Waals surface area contributed by atoms with Gasteiger partial charge in [-0.1, -0.05) is 18.2 Å². The summed E-state index contributed by atoms with van der Waals surface area (Å²) in [5, 5.41) is 6.80. The van der Waals surface area contributed by atoms with Crippen molar-refractivity contribution in [3.05, 3.63) is 35.0 Å². The van der Waals surface area contributed by atoms with E-state index in [1.807, 2.05) is 24.3 Å². The van der Waals surface area contributed by atoms with E-state index in [-0.39, 0.29) is 36.2 Å². The van der Waals surface area contributed by atoms with Crippen LogP contribution in [0.2, 0.25) is 0 Å². The molecule has 1 spiro atoms. The van der Waals surface area contributed by atoms with Crippen molar-refractivity contribution in [2.75, 3.05) is 6.61 Å². The Labute approximate surface area is 146 Å². The van der Waals surface area contributed by atoms with Crippen molar-refractivity contribution in [3.63, 3.8) is 0 Å². The fourth-order valence-electron chi connectivity index (χ4n) is 2.80. The molecule has 0 radical (unpaired) electrons. The maximum atomic E-state index is 10.9. The van der Waals surface area contributed by atoms with E-state index in [9.17, 15) is 8.42 Å². The SMILES string of the molecule is [NH-]S(=O)(=O)OCC1OC2(CCCC2)Oc2ccccc21.[Na+]. The van der Waals surface area contributed by atoms with E-state index in [4.69, 9.17) is 14.6 Å². The van der Waals surface area contributed by atoms with Gasteiger partial charge in [-0.2, -0.15) is 0 Å². The summed E-state index contributed by atoms with van der Waals surface area (Å²) in [6.45, 7) is -0.200. The largest absolute Gasteiger partial charge is 1.00 e. The Kier molecular flexibility index (Phi) is 5.36. The second-order valence-corrected chi connectivity index (χ2v) is 6.25. The van der Waals surface area contributed by atoms with Crippen molar-refractivity contribution in [2.24, 2.45) is 0 Å². The van der Waals surface area contributed by atoms with Gasteiger partial charge in [-0.25, -0.2) is 8.42 Å². The van der Waals surface area contributed by atoms with Gasteiger partial charge < -0.3 is 14.6 Å². The molecular weight excluding hydrogens is 305 g/mol. The first kappa shape index (κ1) is 17.2. The van der Waals surface area contributed by atoms with E-state index >= 15 is 0 Å². The van der Waals surface area contributed by atoms with Gasteiger partial charge in [-0.3, -0.25) is 4.18 Å². The van der Waals surface area contributed by atoms with Crippen molar-refractivity contribution < 1.29 is 51.6 Å². The molecule has 0 aromatic heterocycles. The molecule has 1 saturated carbocycles. The average molecular weight is 321 g/mol. The monoisotopic (exact) mass is 321 g/mol. The van der Waals surface area contributed by atoms with Crippen molar-refractivity contribution in [3.8, 4) is 5.75 Å². The second-order valence-electron chi connectivity index (χ2n) is 5.10. The molecular formula is C13H16NNaO5S. The molecule has 1 heterocycles. The Bertz CT molecular complexity index is 600. The smallest absolute Gasteiger partial charge is 0.540 e. The summed E-state index contributed by atoms with van der Waals surface area (Å²) in [6, 6.07) is 7.37. The Morgan fingerprint density at radius 3 is 2.62 bits per heavy atom. The zero-order chi connectivity index (χ0) is 14.2. The molecule has 3 rings (SSSR count). The van der Waals surface area contributed by atoms with Crippen molar-refractivity contribution in [1.82, 2.24) is 0 Å². The van der Waals surface area contributed by atoms with Crippen LogP contribution in [0.4, 0.5) is 0 Å². The van der Waals surface area contributed by atoms with Gasteiger partial charge in [0.25, 0.3) is 0 Å². The van der Waals surface area contributed by atoms with Gasteiger partial charge in [0.1, 0.15) is 11.9 Å². The number of para-hydroxylation sites is 1. The number of fused-ring (bicyclic) bond motifs is 1. The first-order chi connectivity index (χ1) is 9.48. The number of benzene rings is 1. The van der Waals surface area contributed by atoms with Gasteiger partial charge in [0.05, 0.1) is 6.61 Å². The maximum Gasteiger partial charge on any atom is 1.00 e. The first-order valence-electron chi connectivity index (χ1n) is 6.57. The summed E-state index contributed by atoms with van der Waals surface area (Å²) < 4.78 is 38.2. The number of rotatable bonds is 3. The Morgan fingerprint density at radius 1 is 1.29 bits per heavy atom. The summed E-state index contributed by atoms with van der Waals surface area (Å²) in [5.41, 5.74) is 0.758. The standard InChI is InChI=1S/C13H16NO5S.Na/c14-20(15,16)17-9-12-10-5-1-2-6-11(10)18-13(19-12)7-3-4-8-13;/h1-2,5-6,12H,3-4,7-9H2,(H-,14,15,16);/q-1;+1. The van der Waals surface area contributed by atoms with Gasteiger partial charge in [-0.05, 0) is 18.9 Å². The van der Waals surface area contributed by atoms with Gasteiger partial charge >= 0.3 is 29.6 Å². The van der Waals surface area contributed by atoms with Gasteiger partial charge in [0.2, 0.25) is 5.79 Å². The molecule has 0 amide bonds. The molecule has 110 valence electrons. The van der Waals surface area contributed by atoms with E-state index in [1.165, 1.54) is 0 Å². The Morgan fingerprint density at radius 2 is 1.95 bits per heavy atom. The fourth-order valence-corrected chi connectivity index (χ4v) is 3.10. The maximum absolute atomic E-state index is 10.9. The third-order valence-corrected chi connectivity index (χ3v) is 4.11. The zero-order valence-electron chi connectivity index (χ0n) is 11.9. The minimum Gasteiger partial charge on any atom is -0.540 e. The third-order valence-electron chi connectivity index (χ3n) is 3.66. The molecule has 0 bridgehead atoms. The molecule has 1 fully saturated rings. The van der Waals surface area contributed by atoms with Crippen molar-refractivity contribution in [2.45, 2.75) is 37.6 Å². The van der Waals surface area contributed by atoms with Gasteiger partial charge in [0.15, 0.2) is 10.3 Å². The van der Waals surface area contributed by atoms with Crippen LogP contribution in [0.3, 0.4) is 0 Å². The predicted octanol–water partition coefficient (Wildman–Crippen LogP) is -0.275. The van der Waals surface area contributed by atoms with Crippen LogP contribution in [0, 0.1) is 0 Å². The van der Waals surface area contributed by atoms with Crippen molar-refractivity contribution in [1.29, 1.82) is 0 Å². The van der Waals surface area contributed by atoms with Crippen molar-refractivity contribution >= 4 is 10.3 Å². The van der Waals surface area contributed by atoms with Crippen LogP contribution in [-0.2, 0) is 19.2 Å². The van der Waals surface area contributed by atoms with Gasteiger partial charge in [0, 0.05) is 18.4 Å². The molecule has 1 atom stereocenters.